The SMILES string of the molecule is CCC1CCC(C)N1c1cnc(N)cn1. The molecule has 2 heterocycles. The predicted octanol–water partition coefficient (Wildman–Crippen LogP) is 1.83. The van der Waals surface area contributed by atoms with Crippen molar-refractivity contribution < 1.29 is 0 Å². The van der Waals surface area contributed by atoms with Crippen LogP contribution in [0.1, 0.15) is 33.1 Å². The number of aromatic nitrogens is 2. The van der Waals surface area contributed by atoms with Gasteiger partial charge in [0.2, 0.25) is 0 Å². The number of rotatable bonds is 2. The second-order valence-corrected chi connectivity index (χ2v) is 4.20. The lowest BCUT2D eigenvalue weighted by atomic mass is 10.1. The van der Waals surface area contributed by atoms with Crippen molar-refractivity contribution in [1.82, 2.24) is 9.97 Å². The van der Waals surface area contributed by atoms with E-state index in [9.17, 15) is 0 Å². The largest absolute Gasteiger partial charge is 0.382 e. The van der Waals surface area contributed by atoms with Gasteiger partial charge in [-0.05, 0) is 26.2 Å². The van der Waals surface area contributed by atoms with Gasteiger partial charge >= 0.3 is 0 Å². The summed E-state index contributed by atoms with van der Waals surface area (Å²) in [5, 5.41) is 0. The third-order valence-electron chi connectivity index (χ3n) is 3.18. The van der Waals surface area contributed by atoms with Crippen molar-refractivity contribution in [2.24, 2.45) is 0 Å². The van der Waals surface area contributed by atoms with E-state index < -0.39 is 0 Å². The first-order valence-corrected chi connectivity index (χ1v) is 5.58. The molecule has 1 aromatic heterocycles. The van der Waals surface area contributed by atoms with Crippen molar-refractivity contribution in [3.05, 3.63) is 12.4 Å². The van der Waals surface area contributed by atoms with E-state index in [0.717, 1.165) is 12.2 Å². The van der Waals surface area contributed by atoms with Crippen LogP contribution in [0.4, 0.5) is 11.6 Å². The van der Waals surface area contributed by atoms with Crippen molar-refractivity contribution in [1.29, 1.82) is 0 Å². The second-order valence-electron chi connectivity index (χ2n) is 4.20. The number of hydrogen-bond donors (Lipinski definition) is 1. The monoisotopic (exact) mass is 206 g/mol. The van der Waals surface area contributed by atoms with Gasteiger partial charge in [0.1, 0.15) is 11.6 Å². The van der Waals surface area contributed by atoms with Crippen LogP contribution in [0, 0.1) is 0 Å². The Morgan fingerprint density at radius 2 is 2.20 bits per heavy atom. The van der Waals surface area contributed by atoms with Gasteiger partial charge in [0.25, 0.3) is 0 Å². The quantitative estimate of drug-likeness (QED) is 0.802. The first-order chi connectivity index (χ1) is 7.22. The summed E-state index contributed by atoms with van der Waals surface area (Å²) >= 11 is 0. The summed E-state index contributed by atoms with van der Waals surface area (Å²) < 4.78 is 0. The molecular weight excluding hydrogens is 188 g/mol. The Balaban J connectivity index is 2.24. The Morgan fingerprint density at radius 1 is 1.40 bits per heavy atom. The van der Waals surface area contributed by atoms with Crippen LogP contribution in [0.5, 0.6) is 0 Å². The molecule has 0 spiro atoms. The van der Waals surface area contributed by atoms with Crippen molar-refractivity contribution in [3.63, 3.8) is 0 Å². The third-order valence-corrected chi connectivity index (χ3v) is 3.18. The zero-order chi connectivity index (χ0) is 10.8. The zero-order valence-electron chi connectivity index (χ0n) is 9.35. The summed E-state index contributed by atoms with van der Waals surface area (Å²) in [4.78, 5) is 10.8. The molecule has 0 amide bonds. The molecule has 1 fully saturated rings. The lowest BCUT2D eigenvalue weighted by Gasteiger charge is -2.28. The maximum absolute atomic E-state index is 5.54. The Labute approximate surface area is 90.5 Å². The van der Waals surface area contributed by atoms with E-state index in [0.29, 0.717) is 17.9 Å². The topological polar surface area (TPSA) is 55.0 Å². The average Bonchev–Trinajstić information content (AvgIpc) is 2.61. The minimum Gasteiger partial charge on any atom is -0.382 e. The molecule has 2 atom stereocenters. The molecule has 82 valence electrons. The van der Waals surface area contributed by atoms with Crippen LogP contribution in [0.3, 0.4) is 0 Å². The lowest BCUT2D eigenvalue weighted by molar-refractivity contribution is 0.620. The molecule has 0 radical (unpaired) electrons. The fourth-order valence-electron chi connectivity index (χ4n) is 2.35. The molecule has 2 rings (SSSR count). The smallest absolute Gasteiger partial charge is 0.147 e. The number of nitrogens with two attached hydrogens (primary N) is 1. The highest BCUT2D eigenvalue weighted by Gasteiger charge is 2.30. The Kier molecular flexibility index (Phi) is 2.75. The van der Waals surface area contributed by atoms with E-state index in [4.69, 9.17) is 5.73 Å². The molecule has 1 saturated heterocycles. The summed E-state index contributed by atoms with van der Waals surface area (Å²) in [5.74, 6) is 1.44. The summed E-state index contributed by atoms with van der Waals surface area (Å²) in [5.41, 5.74) is 5.54. The van der Waals surface area contributed by atoms with Crippen LogP contribution in [-0.2, 0) is 0 Å². The molecule has 1 aliphatic heterocycles. The van der Waals surface area contributed by atoms with Gasteiger partial charge in [-0.3, -0.25) is 0 Å². The van der Waals surface area contributed by atoms with E-state index in [1.807, 2.05) is 0 Å². The highest BCUT2D eigenvalue weighted by molar-refractivity contribution is 5.42. The lowest BCUT2D eigenvalue weighted by Crippen LogP contribution is -2.34. The minimum atomic E-state index is 0.485. The molecule has 2 N–H and O–H groups in total. The van der Waals surface area contributed by atoms with E-state index in [1.165, 1.54) is 12.8 Å². The van der Waals surface area contributed by atoms with Gasteiger partial charge in [-0.25, -0.2) is 9.97 Å². The van der Waals surface area contributed by atoms with E-state index in [1.54, 1.807) is 12.4 Å². The van der Waals surface area contributed by atoms with Gasteiger partial charge in [0.05, 0.1) is 12.4 Å². The standard InChI is InChI=1S/C11H18N4/c1-3-9-5-4-8(2)15(9)11-7-13-10(12)6-14-11/h6-9H,3-5H2,1-2H3,(H2,12,13). The molecule has 4 nitrogen and oxygen atoms in total. The van der Waals surface area contributed by atoms with Crippen molar-refractivity contribution in [2.45, 2.75) is 45.2 Å². The summed E-state index contributed by atoms with van der Waals surface area (Å²) in [6, 6.07) is 1.17. The fourth-order valence-corrected chi connectivity index (χ4v) is 2.35. The fraction of sp³-hybridized carbons (Fsp3) is 0.636. The number of anilines is 2. The van der Waals surface area contributed by atoms with Crippen LogP contribution in [0.25, 0.3) is 0 Å². The van der Waals surface area contributed by atoms with Crippen LogP contribution in [0.2, 0.25) is 0 Å². The van der Waals surface area contributed by atoms with Gasteiger partial charge in [-0.2, -0.15) is 0 Å². The number of nitrogen functional groups attached to an aromatic ring is 1. The molecule has 0 saturated carbocycles. The molecular formula is C11H18N4. The van der Waals surface area contributed by atoms with E-state index in [-0.39, 0.29) is 0 Å². The van der Waals surface area contributed by atoms with Gasteiger partial charge in [0.15, 0.2) is 0 Å². The highest BCUT2D eigenvalue weighted by Crippen LogP contribution is 2.30. The maximum Gasteiger partial charge on any atom is 0.147 e. The average molecular weight is 206 g/mol. The molecule has 4 heteroatoms. The normalized spacial score (nSPS) is 25.9. The highest BCUT2D eigenvalue weighted by atomic mass is 15.3. The Bertz CT molecular complexity index is 322. The maximum atomic E-state index is 5.54. The van der Waals surface area contributed by atoms with E-state index in [2.05, 4.69) is 28.7 Å². The predicted molar refractivity (Wildman–Crippen MR) is 61.7 cm³/mol. The van der Waals surface area contributed by atoms with Crippen LogP contribution >= 0.6 is 0 Å². The molecule has 1 aromatic rings. The van der Waals surface area contributed by atoms with Gasteiger partial charge in [-0.15, -0.1) is 0 Å². The van der Waals surface area contributed by atoms with Gasteiger partial charge in [-0.1, -0.05) is 6.92 Å². The molecule has 0 aliphatic carbocycles. The summed E-state index contributed by atoms with van der Waals surface area (Å²) in [6.45, 7) is 4.47. The van der Waals surface area contributed by atoms with Crippen molar-refractivity contribution in [3.8, 4) is 0 Å². The third kappa shape index (κ3) is 1.89. The molecule has 0 bridgehead atoms. The molecule has 0 aromatic carbocycles. The van der Waals surface area contributed by atoms with Crippen LogP contribution in [0.15, 0.2) is 12.4 Å². The first-order valence-electron chi connectivity index (χ1n) is 5.58. The molecule has 1 aliphatic rings. The summed E-state index contributed by atoms with van der Waals surface area (Å²) in [6.07, 6.45) is 7.07. The number of hydrogen-bond acceptors (Lipinski definition) is 4. The van der Waals surface area contributed by atoms with Crippen LogP contribution in [-0.4, -0.2) is 22.1 Å². The van der Waals surface area contributed by atoms with Crippen LogP contribution < -0.4 is 10.6 Å². The summed E-state index contributed by atoms with van der Waals surface area (Å²) in [7, 11) is 0. The van der Waals surface area contributed by atoms with E-state index >= 15 is 0 Å². The Hall–Kier alpha value is -1.32. The van der Waals surface area contributed by atoms with Crippen molar-refractivity contribution in [2.75, 3.05) is 10.6 Å². The second kappa shape index (κ2) is 4.04. The Morgan fingerprint density at radius 3 is 2.80 bits per heavy atom. The minimum absolute atomic E-state index is 0.485. The zero-order valence-corrected chi connectivity index (χ0v) is 9.35. The number of nitrogens with zero attached hydrogens (tertiary/aromatic N) is 3. The van der Waals surface area contributed by atoms with Gasteiger partial charge in [0, 0.05) is 12.1 Å². The first kappa shape index (κ1) is 10.2. The molecule has 15 heavy (non-hydrogen) atoms. The van der Waals surface area contributed by atoms with Crippen molar-refractivity contribution >= 4 is 11.6 Å². The van der Waals surface area contributed by atoms with Gasteiger partial charge < -0.3 is 10.6 Å². The molecule has 2 unspecified atom stereocenters.